The highest BCUT2D eigenvalue weighted by Crippen LogP contribution is 2.33. The number of aryl methyl sites for hydroxylation is 8. The summed E-state index contributed by atoms with van der Waals surface area (Å²) >= 11 is 0. The summed E-state index contributed by atoms with van der Waals surface area (Å²) in [5.74, 6) is 0.705. The maximum Gasteiger partial charge on any atom is 0.416 e. The average Bonchev–Trinajstić information content (AvgIpc) is 3.26. The number of rotatable bonds is 6. The van der Waals surface area contributed by atoms with Gasteiger partial charge >= 0.3 is 12.4 Å². The Morgan fingerprint density at radius 3 is 1.50 bits per heavy atom. The zero-order chi connectivity index (χ0) is 48.9. The first-order chi connectivity index (χ1) is 31.1. The van der Waals surface area contributed by atoms with Gasteiger partial charge in [0.25, 0.3) is 0 Å². The largest absolute Gasteiger partial charge is 0.416 e. The lowest BCUT2D eigenvalue weighted by Gasteiger charge is -2.25. The van der Waals surface area contributed by atoms with Crippen molar-refractivity contribution in [3.8, 4) is 0 Å². The third kappa shape index (κ3) is 21.3. The number of hydrogen-bond donors (Lipinski definition) is 2. The molecule has 66 heavy (non-hydrogen) atoms. The molecule has 0 radical (unpaired) electrons. The molecule has 0 saturated carbocycles. The molecule has 0 aliphatic carbocycles. The van der Waals surface area contributed by atoms with Crippen molar-refractivity contribution >= 4 is 23.6 Å². The zero-order valence-corrected chi connectivity index (χ0v) is 38.6. The van der Waals surface area contributed by atoms with Crippen LogP contribution in [0.3, 0.4) is 0 Å². The van der Waals surface area contributed by atoms with Gasteiger partial charge in [0.1, 0.15) is 11.6 Å². The number of aromatic nitrogens is 7. The maximum absolute atomic E-state index is 12.8. The highest BCUT2D eigenvalue weighted by atomic mass is 19.4. The predicted molar refractivity (Wildman–Crippen MR) is 239 cm³/mol. The summed E-state index contributed by atoms with van der Waals surface area (Å²) in [7, 11) is 0. The zero-order valence-electron chi connectivity index (χ0n) is 38.6. The summed E-state index contributed by atoms with van der Waals surface area (Å²) in [6, 6.07) is 5.97. The highest BCUT2D eigenvalue weighted by Gasteiger charge is 2.33. The van der Waals surface area contributed by atoms with Crippen LogP contribution in [0.15, 0.2) is 67.6 Å². The van der Waals surface area contributed by atoms with Crippen LogP contribution in [0.2, 0.25) is 0 Å². The smallest absolute Gasteiger partial charge is 0.379 e. The van der Waals surface area contributed by atoms with E-state index in [1.165, 1.54) is 51.8 Å². The number of nitrogens with one attached hydrogen (secondary N) is 2. The minimum Gasteiger partial charge on any atom is -0.379 e. The number of pyridine rings is 3. The molecule has 358 valence electrons. The molecule has 2 aliphatic rings. The number of morpholine rings is 1. The summed E-state index contributed by atoms with van der Waals surface area (Å²) in [6.45, 7) is 19.0. The molecule has 2 amide bonds. The predicted octanol–water partition coefficient (Wildman–Crippen LogP) is 8.40. The van der Waals surface area contributed by atoms with Crippen LogP contribution >= 0.6 is 0 Å². The Labute approximate surface area is 382 Å². The van der Waals surface area contributed by atoms with Crippen molar-refractivity contribution in [3.05, 3.63) is 124 Å². The number of nitrogens with zero attached hydrogens (tertiary/aromatic N) is 9. The normalized spacial score (nSPS) is 14.0. The van der Waals surface area contributed by atoms with E-state index in [-0.39, 0.29) is 35.3 Å². The van der Waals surface area contributed by atoms with E-state index < -0.39 is 23.5 Å². The van der Waals surface area contributed by atoms with Crippen LogP contribution in [-0.4, -0.2) is 109 Å². The van der Waals surface area contributed by atoms with Crippen molar-refractivity contribution in [3.63, 3.8) is 0 Å². The third-order valence-electron chi connectivity index (χ3n) is 9.51. The average molecular weight is 928 g/mol. The summed E-state index contributed by atoms with van der Waals surface area (Å²) in [5, 5.41) is 5.11. The molecule has 7 heterocycles. The van der Waals surface area contributed by atoms with Gasteiger partial charge < -0.3 is 10.1 Å². The molecular weight excluding hydrogens is 869 g/mol. The molecule has 2 fully saturated rings. The van der Waals surface area contributed by atoms with Gasteiger partial charge in [-0.25, -0.2) is 24.9 Å². The van der Waals surface area contributed by atoms with E-state index >= 15 is 0 Å². The van der Waals surface area contributed by atoms with Gasteiger partial charge in [-0.15, -0.1) is 0 Å². The van der Waals surface area contributed by atoms with Gasteiger partial charge in [0.2, 0.25) is 17.8 Å². The number of carbonyl (C=O) groups excluding carboxylic acids is 2. The van der Waals surface area contributed by atoms with Crippen molar-refractivity contribution in [1.82, 2.24) is 44.7 Å². The second kappa shape index (κ2) is 26.8. The molecule has 5 aromatic heterocycles. The van der Waals surface area contributed by atoms with Gasteiger partial charge in [0.15, 0.2) is 0 Å². The molecule has 0 bridgehead atoms. The maximum atomic E-state index is 12.8. The van der Waals surface area contributed by atoms with Crippen LogP contribution in [-0.2, 0) is 26.7 Å². The molecule has 2 aliphatic heterocycles. The Bertz CT molecular complexity index is 2150. The SMILES string of the molecule is Cc1cc(C(F)(F)F)c(C)cn1.Cc1ccc(C)nc1.Cc1cnc(C)nc1.Cc1cnc(NC(=O)CN2CCCCC2)nc1.Cc1cnc(NC(=O)CN2CCOCC2)cc1C(F)(F)F. The fourth-order valence-corrected chi connectivity index (χ4v) is 5.92. The molecular formula is C46H59F6N11O3. The summed E-state index contributed by atoms with van der Waals surface area (Å²) in [6.07, 6.45) is 6.15. The topological polar surface area (TPSA) is 164 Å². The monoisotopic (exact) mass is 927 g/mol. The first-order valence-corrected chi connectivity index (χ1v) is 21.2. The van der Waals surface area contributed by atoms with Gasteiger partial charge in [-0.05, 0) is 127 Å². The molecule has 0 spiro atoms. The molecule has 5 aromatic rings. The lowest BCUT2D eigenvalue weighted by Crippen LogP contribution is -2.41. The van der Waals surface area contributed by atoms with Gasteiger partial charge in [-0.3, -0.25) is 34.7 Å². The molecule has 7 rings (SSSR count). The summed E-state index contributed by atoms with van der Waals surface area (Å²) in [5.41, 5.74) is 3.56. The van der Waals surface area contributed by atoms with Gasteiger partial charge in [-0.1, -0.05) is 12.5 Å². The van der Waals surface area contributed by atoms with Crippen LogP contribution in [0.5, 0.6) is 0 Å². The van der Waals surface area contributed by atoms with Crippen LogP contribution in [0.25, 0.3) is 0 Å². The van der Waals surface area contributed by atoms with E-state index in [1.54, 1.807) is 12.4 Å². The Morgan fingerprint density at radius 1 is 0.545 bits per heavy atom. The van der Waals surface area contributed by atoms with Crippen molar-refractivity contribution in [2.24, 2.45) is 0 Å². The minimum atomic E-state index is -4.46. The van der Waals surface area contributed by atoms with Crippen LogP contribution in [0.1, 0.15) is 75.4 Å². The summed E-state index contributed by atoms with van der Waals surface area (Å²) in [4.78, 5) is 55.3. The lowest BCUT2D eigenvalue weighted by molar-refractivity contribution is -0.138. The van der Waals surface area contributed by atoms with Gasteiger partial charge in [-0.2, -0.15) is 26.3 Å². The number of halogens is 6. The number of ether oxygens (including phenoxy) is 1. The first kappa shape index (κ1) is 54.3. The molecule has 2 N–H and O–H groups in total. The Kier molecular flexibility index (Phi) is 22.1. The van der Waals surface area contributed by atoms with Crippen molar-refractivity contribution in [2.45, 2.75) is 87.0 Å². The van der Waals surface area contributed by atoms with Crippen LogP contribution < -0.4 is 10.6 Å². The van der Waals surface area contributed by atoms with Crippen LogP contribution in [0.4, 0.5) is 38.1 Å². The third-order valence-corrected chi connectivity index (χ3v) is 9.51. The van der Waals surface area contributed by atoms with Gasteiger partial charge in [0.05, 0.1) is 37.4 Å². The molecule has 20 heteroatoms. The number of anilines is 2. The second-order valence-corrected chi connectivity index (χ2v) is 15.7. The van der Waals surface area contributed by atoms with Crippen LogP contribution in [0, 0.1) is 55.4 Å². The van der Waals surface area contributed by atoms with E-state index in [4.69, 9.17) is 4.74 Å². The Balaban J connectivity index is 0.000000230. The number of carbonyl (C=O) groups is 2. The van der Waals surface area contributed by atoms with Crippen molar-refractivity contribution in [1.29, 1.82) is 0 Å². The number of likely N-dealkylation sites (tertiary alicyclic amines) is 1. The Hall–Kier alpha value is -5.99. The van der Waals surface area contributed by atoms with E-state index in [2.05, 4.69) is 56.5 Å². The number of hydrogen-bond acceptors (Lipinski definition) is 12. The molecule has 2 saturated heterocycles. The molecule has 0 aromatic carbocycles. The Morgan fingerprint density at radius 2 is 1.02 bits per heavy atom. The molecule has 0 unspecified atom stereocenters. The standard InChI is InChI=1S/C13H16F3N3O2.C12H18N4O.C8H8F3N.C7H9N.C6H8N2/c1-9-7-17-11(6-10(9)13(14,15)16)18-12(20)8-19-2-4-21-5-3-19;1-10-7-13-12(14-8-10)15-11(17)9-16-5-3-2-4-6-16;1-5-4-12-6(2)3-7(5)8(9,10)11;1-6-3-4-7(2)8-5-6;1-5-3-7-6(2)8-4-5/h6-7H,2-5,8H2,1H3,(H,17,18,20);7-8H,2-6,9H2,1H3,(H,13,14,15,17);3-4H,1-2H3;3-5H,1-2H3;3-4H,1-2H3. The van der Waals surface area contributed by atoms with E-state index in [0.29, 0.717) is 44.5 Å². The quantitative estimate of drug-likeness (QED) is 0.157. The fraction of sp³-hybridized carbons (Fsp3) is 0.457. The minimum absolute atomic E-state index is 0.0219. The lowest BCUT2D eigenvalue weighted by atomic mass is 10.1. The van der Waals surface area contributed by atoms with E-state index in [9.17, 15) is 35.9 Å². The number of piperidine rings is 1. The van der Waals surface area contributed by atoms with Crippen molar-refractivity contribution < 1.29 is 40.7 Å². The molecule has 14 nitrogen and oxygen atoms in total. The van der Waals surface area contributed by atoms with Gasteiger partial charge in [0, 0.05) is 67.9 Å². The number of alkyl halides is 6. The highest BCUT2D eigenvalue weighted by molar-refractivity contribution is 5.91. The fourth-order valence-electron chi connectivity index (χ4n) is 5.92. The number of amides is 2. The summed E-state index contributed by atoms with van der Waals surface area (Å²) < 4.78 is 80.1. The molecule has 0 atom stereocenters. The van der Waals surface area contributed by atoms with E-state index in [0.717, 1.165) is 54.1 Å². The van der Waals surface area contributed by atoms with E-state index in [1.807, 2.05) is 64.2 Å². The first-order valence-electron chi connectivity index (χ1n) is 21.2. The second-order valence-electron chi connectivity index (χ2n) is 15.7. The van der Waals surface area contributed by atoms with Crippen molar-refractivity contribution in [2.75, 3.05) is 63.1 Å².